The largest absolute Gasteiger partial charge is 0.486 e. The van der Waals surface area contributed by atoms with Crippen LogP contribution in [0.2, 0.25) is 0 Å². The van der Waals surface area contributed by atoms with Crippen LogP contribution in [0.3, 0.4) is 0 Å². The molecule has 2 aromatic heterocycles. The molecule has 0 aliphatic carbocycles. The predicted octanol–water partition coefficient (Wildman–Crippen LogP) is 5.45. The van der Waals surface area contributed by atoms with Crippen LogP contribution in [-0.2, 0) is 18.9 Å². The molecule has 4 aromatic rings. The Hall–Kier alpha value is -2.93. The first-order valence-corrected chi connectivity index (χ1v) is 11.5. The van der Waals surface area contributed by atoms with Gasteiger partial charge in [0.15, 0.2) is 11.0 Å². The van der Waals surface area contributed by atoms with Gasteiger partial charge in [-0.3, -0.25) is 0 Å². The van der Waals surface area contributed by atoms with Gasteiger partial charge in [-0.2, -0.15) is 0 Å². The van der Waals surface area contributed by atoms with Crippen LogP contribution in [0.15, 0.2) is 59.8 Å². The average molecular weight is 434 g/mol. The van der Waals surface area contributed by atoms with E-state index in [1.807, 2.05) is 61.5 Å². The zero-order valence-corrected chi connectivity index (χ0v) is 19.0. The highest BCUT2D eigenvalue weighted by atomic mass is 32.2. The summed E-state index contributed by atoms with van der Waals surface area (Å²) in [6, 6.07) is 17.8. The minimum Gasteiger partial charge on any atom is -0.486 e. The van der Waals surface area contributed by atoms with E-state index in [4.69, 9.17) is 14.7 Å². The van der Waals surface area contributed by atoms with Crippen molar-refractivity contribution < 1.29 is 4.74 Å². The summed E-state index contributed by atoms with van der Waals surface area (Å²) in [6.07, 6.45) is 1.05. The van der Waals surface area contributed by atoms with Crippen molar-refractivity contribution in [3.63, 3.8) is 0 Å². The first kappa shape index (κ1) is 21.3. The molecule has 0 bridgehead atoms. The van der Waals surface area contributed by atoms with Crippen LogP contribution in [-0.4, -0.2) is 24.7 Å². The molecule has 0 spiro atoms. The van der Waals surface area contributed by atoms with Gasteiger partial charge in [0.1, 0.15) is 12.4 Å². The minimum absolute atomic E-state index is 0.393. The second-order valence-corrected chi connectivity index (χ2v) is 8.81. The molecule has 0 aliphatic heterocycles. The smallest absolute Gasteiger partial charge is 0.191 e. The van der Waals surface area contributed by atoms with Crippen LogP contribution >= 0.6 is 11.8 Å². The molecule has 31 heavy (non-hydrogen) atoms. The van der Waals surface area contributed by atoms with Crippen LogP contribution in [0.5, 0.6) is 5.75 Å². The number of aryl methyl sites for hydroxylation is 1. The molecule has 6 nitrogen and oxygen atoms in total. The molecular formula is C24H27N5OS. The van der Waals surface area contributed by atoms with E-state index in [9.17, 15) is 0 Å². The first-order chi connectivity index (χ1) is 15.1. The maximum atomic E-state index is 5.93. The molecule has 2 aromatic carbocycles. The Kier molecular flexibility index (Phi) is 6.82. The van der Waals surface area contributed by atoms with Crippen molar-refractivity contribution in [2.24, 2.45) is 5.92 Å². The van der Waals surface area contributed by atoms with E-state index >= 15 is 0 Å². The minimum atomic E-state index is 0.393. The quantitative estimate of drug-likeness (QED) is 0.327. The lowest BCUT2D eigenvalue weighted by molar-refractivity contribution is 0.285. The van der Waals surface area contributed by atoms with Gasteiger partial charge in [-0.25, -0.2) is 9.97 Å². The second-order valence-electron chi connectivity index (χ2n) is 7.87. The number of hydrogen-bond donors (Lipinski definition) is 0. The molecular weight excluding hydrogens is 406 g/mol. The summed E-state index contributed by atoms with van der Waals surface area (Å²) in [7, 11) is 0. The number of benzene rings is 2. The Balaban J connectivity index is 1.51. The third-order valence-electron chi connectivity index (χ3n) is 5.02. The Morgan fingerprint density at radius 1 is 0.935 bits per heavy atom. The van der Waals surface area contributed by atoms with E-state index in [1.54, 1.807) is 11.8 Å². The number of aromatic nitrogens is 5. The fourth-order valence-corrected chi connectivity index (χ4v) is 4.19. The fourth-order valence-electron chi connectivity index (χ4n) is 3.20. The zero-order valence-electron chi connectivity index (χ0n) is 18.2. The molecule has 0 radical (unpaired) electrons. The molecule has 0 aliphatic rings. The summed E-state index contributed by atoms with van der Waals surface area (Å²) >= 11 is 1.65. The molecule has 2 heterocycles. The lowest BCUT2D eigenvalue weighted by Crippen LogP contribution is -2.10. The number of hydrogen-bond acceptors (Lipinski definition) is 6. The third kappa shape index (κ3) is 5.41. The number of rotatable bonds is 9. The first-order valence-electron chi connectivity index (χ1n) is 10.5. The Bertz CT molecular complexity index is 1140. The van der Waals surface area contributed by atoms with Crippen molar-refractivity contribution in [2.45, 2.75) is 51.3 Å². The van der Waals surface area contributed by atoms with Crippen LogP contribution < -0.4 is 4.74 Å². The number of thioether (sulfide) groups is 1. The number of ether oxygens (including phenoxy) is 1. The number of fused-ring (bicyclic) bond motifs is 1. The highest BCUT2D eigenvalue weighted by Gasteiger charge is 2.15. The van der Waals surface area contributed by atoms with Gasteiger partial charge in [0, 0.05) is 12.3 Å². The van der Waals surface area contributed by atoms with Gasteiger partial charge < -0.3 is 9.30 Å². The summed E-state index contributed by atoms with van der Waals surface area (Å²) in [5, 5.41) is 9.78. The topological polar surface area (TPSA) is 65.7 Å². The van der Waals surface area contributed by atoms with Gasteiger partial charge in [0.2, 0.25) is 0 Å². The molecule has 0 fully saturated rings. The van der Waals surface area contributed by atoms with Gasteiger partial charge >= 0.3 is 0 Å². The maximum absolute atomic E-state index is 5.93. The molecule has 0 saturated heterocycles. The van der Waals surface area contributed by atoms with E-state index in [-0.39, 0.29) is 0 Å². The summed E-state index contributed by atoms with van der Waals surface area (Å²) in [5.74, 6) is 2.96. The van der Waals surface area contributed by atoms with Crippen LogP contribution in [0.25, 0.3) is 11.0 Å². The van der Waals surface area contributed by atoms with Crippen molar-refractivity contribution >= 4 is 22.8 Å². The predicted molar refractivity (Wildman–Crippen MR) is 124 cm³/mol. The SMILES string of the molecule is Cc1nc2ccccc2nc1CSc1nnc(COc2ccccc2)n1CCC(C)C. The van der Waals surface area contributed by atoms with Crippen LogP contribution in [0, 0.1) is 12.8 Å². The van der Waals surface area contributed by atoms with Crippen molar-refractivity contribution in [1.82, 2.24) is 24.7 Å². The van der Waals surface area contributed by atoms with Crippen LogP contribution in [0.1, 0.15) is 37.5 Å². The normalized spacial score (nSPS) is 11.4. The van der Waals surface area contributed by atoms with E-state index in [1.165, 1.54) is 0 Å². The van der Waals surface area contributed by atoms with Crippen molar-refractivity contribution in [1.29, 1.82) is 0 Å². The highest BCUT2D eigenvalue weighted by Crippen LogP contribution is 2.25. The van der Waals surface area contributed by atoms with E-state index in [2.05, 4.69) is 28.6 Å². The molecule has 0 saturated carbocycles. The lowest BCUT2D eigenvalue weighted by atomic mass is 10.1. The molecule has 0 unspecified atom stereocenters. The van der Waals surface area contributed by atoms with E-state index in [0.29, 0.717) is 18.3 Å². The molecule has 0 atom stereocenters. The molecule has 7 heteroatoms. The monoisotopic (exact) mass is 433 g/mol. The van der Waals surface area contributed by atoms with Gasteiger partial charge in [-0.05, 0) is 43.5 Å². The summed E-state index contributed by atoms with van der Waals surface area (Å²) in [6.45, 7) is 7.72. The summed E-state index contributed by atoms with van der Waals surface area (Å²) in [5.41, 5.74) is 3.77. The molecule has 0 N–H and O–H groups in total. The van der Waals surface area contributed by atoms with Gasteiger partial charge in [0.05, 0.1) is 22.4 Å². The number of nitrogens with zero attached hydrogens (tertiary/aromatic N) is 5. The van der Waals surface area contributed by atoms with E-state index < -0.39 is 0 Å². The van der Waals surface area contributed by atoms with Crippen molar-refractivity contribution in [2.75, 3.05) is 0 Å². The van der Waals surface area contributed by atoms with Gasteiger partial charge in [-0.15, -0.1) is 10.2 Å². The van der Waals surface area contributed by atoms with Gasteiger partial charge in [-0.1, -0.05) is 55.9 Å². The van der Waals surface area contributed by atoms with Crippen LogP contribution in [0.4, 0.5) is 0 Å². The molecule has 0 amide bonds. The summed E-state index contributed by atoms with van der Waals surface area (Å²) < 4.78 is 8.11. The molecule has 4 rings (SSSR count). The maximum Gasteiger partial charge on any atom is 0.191 e. The standard InChI is InChI=1S/C24H27N5OS/c1-17(2)13-14-29-23(15-30-19-9-5-4-6-10-19)27-28-24(29)31-16-22-18(3)25-20-11-7-8-12-21(20)26-22/h4-12,17H,13-16H2,1-3H3. The second kappa shape index (κ2) is 9.92. The van der Waals surface area contributed by atoms with Gasteiger partial charge in [0.25, 0.3) is 0 Å². The average Bonchev–Trinajstić information content (AvgIpc) is 3.17. The molecule has 160 valence electrons. The van der Waals surface area contributed by atoms with E-state index in [0.717, 1.165) is 52.1 Å². The Morgan fingerprint density at radius 3 is 2.39 bits per heavy atom. The zero-order chi connectivity index (χ0) is 21.6. The third-order valence-corrected chi connectivity index (χ3v) is 5.99. The Morgan fingerprint density at radius 2 is 1.65 bits per heavy atom. The highest BCUT2D eigenvalue weighted by molar-refractivity contribution is 7.98. The number of para-hydroxylation sites is 3. The van der Waals surface area contributed by atoms with Crippen molar-refractivity contribution in [3.05, 3.63) is 71.8 Å². The van der Waals surface area contributed by atoms with Crippen molar-refractivity contribution in [3.8, 4) is 5.75 Å². The Labute approximate surface area is 187 Å². The lowest BCUT2D eigenvalue weighted by Gasteiger charge is -2.13. The fraction of sp³-hybridized carbons (Fsp3) is 0.333. The summed E-state index contributed by atoms with van der Waals surface area (Å²) in [4.78, 5) is 9.51.